The number of benzene rings is 1. The first kappa shape index (κ1) is 27.5. The van der Waals surface area contributed by atoms with E-state index in [4.69, 9.17) is 0 Å². The van der Waals surface area contributed by atoms with E-state index in [9.17, 15) is 17.9 Å². The molecule has 0 bridgehead atoms. The molecule has 2 saturated heterocycles. The maximum atomic E-state index is 14.5. The summed E-state index contributed by atoms with van der Waals surface area (Å²) in [5, 5.41) is 15.6. The lowest BCUT2D eigenvalue weighted by Crippen LogP contribution is -2.55. The van der Waals surface area contributed by atoms with Crippen LogP contribution in [0.2, 0.25) is 0 Å². The number of pyridine rings is 1. The molecule has 0 unspecified atom stereocenters. The normalized spacial score (nSPS) is 21.8. The van der Waals surface area contributed by atoms with Crippen molar-refractivity contribution in [2.24, 2.45) is 11.3 Å². The zero-order chi connectivity index (χ0) is 28.1. The second kappa shape index (κ2) is 10.2. The molecule has 0 saturated carbocycles. The van der Waals surface area contributed by atoms with Gasteiger partial charge in [0, 0.05) is 60.7 Å². The molecule has 9 nitrogen and oxygen atoms in total. The van der Waals surface area contributed by atoms with Gasteiger partial charge in [-0.25, -0.2) is 22.8 Å². The average Bonchev–Trinajstić information content (AvgIpc) is 2.83. The molecule has 210 valence electrons. The topological polar surface area (TPSA) is 112 Å². The molecule has 2 aromatic heterocycles. The monoisotopic (exact) mass is 556 g/mol. The molecule has 2 fully saturated rings. The van der Waals surface area contributed by atoms with E-state index in [1.807, 2.05) is 26.1 Å². The fourth-order valence-electron chi connectivity index (χ4n) is 5.70. The Hall–Kier alpha value is -3.05. The third-order valence-electron chi connectivity index (χ3n) is 7.69. The van der Waals surface area contributed by atoms with Gasteiger partial charge < -0.3 is 20.2 Å². The summed E-state index contributed by atoms with van der Waals surface area (Å²) >= 11 is 0. The first-order chi connectivity index (χ1) is 18.3. The number of rotatable bonds is 7. The highest BCUT2D eigenvalue weighted by Crippen LogP contribution is 2.37. The smallest absolute Gasteiger partial charge is 0.227 e. The Kier molecular flexibility index (Phi) is 7.17. The second-order valence-electron chi connectivity index (χ2n) is 12.0. The largest absolute Gasteiger partial charge is 0.389 e. The minimum absolute atomic E-state index is 0.0321. The molecule has 1 aromatic carbocycles. The third kappa shape index (κ3) is 5.79. The van der Waals surface area contributed by atoms with Gasteiger partial charge in [0.05, 0.1) is 18.4 Å². The predicted molar refractivity (Wildman–Crippen MR) is 153 cm³/mol. The van der Waals surface area contributed by atoms with Crippen molar-refractivity contribution in [1.29, 1.82) is 0 Å². The number of alkyl halides is 1. The average molecular weight is 557 g/mol. The Morgan fingerprint density at radius 3 is 2.51 bits per heavy atom. The van der Waals surface area contributed by atoms with E-state index in [1.165, 1.54) is 11.8 Å². The zero-order valence-corrected chi connectivity index (χ0v) is 23.9. The number of aliphatic hydroxyl groups excluding tert-OH is 1. The Morgan fingerprint density at radius 1 is 1.10 bits per heavy atom. The number of nitrogens with zero attached hydrogens (tertiary/aromatic N) is 5. The van der Waals surface area contributed by atoms with Crippen LogP contribution >= 0.6 is 0 Å². The van der Waals surface area contributed by atoms with Crippen molar-refractivity contribution in [2.75, 3.05) is 53.3 Å². The molecule has 2 aliphatic rings. The summed E-state index contributed by atoms with van der Waals surface area (Å²) in [6.07, 6.45) is 2.36. The lowest BCUT2D eigenvalue weighted by Gasteiger charge is -2.43. The van der Waals surface area contributed by atoms with Crippen molar-refractivity contribution < 1.29 is 17.9 Å². The van der Waals surface area contributed by atoms with Gasteiger partial charge in [0.2, 0.25) is 5.95 Å². The molecule has 0 spiro atoms. The summed E-state index contributed by atoms with van der Waals surface area (Å²) < 4.78 is 37.9. The minimum Gasteiger partial charge on any atom is -0.389 e. The highest BCUT2D eigenvalue weighted by Gasteiger charge is 2.42. The Morgan fingerprint density at radius 2 is 1.85 bits per heavy atom. The maximum absolute atomic E-state index is 14.5. The van der Waals surface area contributed by atoms with Crippen LogP contribution in [-0.4, -0.2) is 78.9 Å². The number of fused-ring (bicyclic) bond motifs is 1. The number of hydrogen-bond donors (Lipinski definition) is 2. The molecule has 2 aliphatic heterocycles. The summed E-state index contributed by atoms with van der Waals surface area (Å²) in [5.74, 6) is 2.21. The molecule has 5 rings (SSSR count). The molecular weight excluding hydrogens is 519 g/mol. The molecule has 11 heteroatoms. The molecule has 2 atom stereocenters. The third-order valence-corrected chi connectivity index (χ3v) is 8.77. The molecule has 0 aliphatic carbocycles. The quantitative estimate of drug-likeness (QED) is 0.447. The van der Waals surface area contributed by atoms with Gasteiger partial charge in [0.15, 0.2) is 0 Å². The van der Waals surface area contributed by atoms with E-state index in [-0.39, 0.29) is 18.2 Å². The van der Waals surface area contributed by atoms with E-state index in [0.29, 0.717) is 43.1 Å². The maximum Gasteiger partial charge on any atom is 0.227 e. The number of hydrogen-bond acceptors (Lipinski definition) is 9. The Bertz CT molecular complexity index is 1480. The number of aliphatic hydroxyl groups is 1. The molecule has 0 amide bonds. The molecule has 39 heavy (non-hydrogen) atoms. The summed E-state index contributed by atoms with van der Waals surface area (Å²) in [6, 6.07) is 8.00. The standard InChI is InChI=1S/C28H37FN6O3S/c1-17(2)19-6-7-23(34-12-18(13-34)15-39(5,37)38)21-11-31-25(10-20(19)21)32-24-8-9-30-27(33-24)35-14-22(29)26(36)28(3,4)16-35/h6-11,17-18,22,26,36H,12-16H2,1-5H3,(H,30,31,32,33)/t22-,26-/m0/s1. The van der Waals surface area contributed by atoms with Crippen molar-refractivity contribution in [3.05, 3.63) is 42.2 Å². The van der Waals surface area contributed by atoms with Gasteiger partial charge in [-0.3, -0.25) is 0 Å². The van der Waals surface area contributed by atoms with Crippen LogP contribution in [0.3, 0.4) is 0 Å². The van der Waals surface area contributed by atoms with Gasteiger partial charge in [-0.15, -0.1) is 0 Å². The summed E-state index contributed by atoms with van der Waals surface area (Å²) in [7, 11) is -3.00. The fourth-order valence-corrected chi connectivity index (χ4v) is 6.77. The van der Waals surface area contributed by atoms with Crippen LogP contribution in [0.5, 0.6) is 0 Å². The molecule has 0 radical (unpaired) electrons. The highest BCUT2D eigenvalue weighted by molar-refractivity contribution is 7.90. The number of anilines is 4. The van der Waals surface area contributed by atoms with Crippen molar-refractivity contribution in [3.8, 4) is 0 Å². The van der Waals surface area contributed by atoms with Crippen molar-refractivity contribution >= 4 is 43.9 Å². The van der Waals surface area contributed by atoms with Crippen molar-refractivity contribution in [2.45, 2.75) is 45.9 Å². The van der Waals surface area contributed by atoms with Crippen LogP contribution in [0, 0.1) is 11.3 Å². The van der Waals surface area contributed by atoms with Crippen molar-refractivity contribution in [1.82, 2.24) is 15.0 Å². The van der Waals surface area contributed by atoms with Crippen LogP contribution in [0.1, 0.15) is 39.2 Å². The van der Waals surface area contributed by atoms with Gasteiger partial charge in [-0.05, 0) is 35.1 Å². The predicted octanol–water partition coefficient (Wildman–Crippen LogP) is 3.92. The van der Waals surface area contributed by atoms with Crippen LogP contribution in [0.4, 0.5) is 27.7 Å². The Labute approximate surface area is 229 Å². The van der Waals surface area contributed by atoms with Crippen LogP contribution in [0.15, 0.2) is 36.7 Å². The van der Waals surface area contributed by atoms with Gasteiger partial charge in [0.25, 0.3) is 0 Å². The van der Waals surface area contributed by atoms with Gasteiger partial charge in [0.1, 0.15) is 27.6 Å². The van der Waals surface area contributed by atoms with Crippen LogP contribution in [-0.2, 0) is 9.84 Å². The number of aromatic nitrogens is 3. The van der Waals surface area contributed by atoms with Gasteiger partial charge >= 0.3 is 0 Å². The second-order valence-corrected chi connectivity index (χ2v) is 14.2. The minimum atomic E-state index is -3.00. The zero-order valence-electron chi connectivity index (χ0n) is 23.1. The molecule has 3 aromatic rings. The highest BCUT2D eigenvalue weighted by atomic mass is 32.2. The van der Waals surface area contributed by atoms with Crippen LogP contribution in [0.25, 0.3) is 10.8 Å². The molecule has 4 heterocycles. The first-order valence-corrected chi connectivity index (χ1v) is 15.4. The summed E-state index contributed by atoms with van der Waals surface area (Å²) in [5.41, 5.74) is 1.62. The lowest BCUT2D eigenvalue weighted by molar-refractivity contribution is -0.0257. The number of piperidine rings is 1. The van der Waals surface area contributed by atoms with Gasteiger partial charge in [-0.1, -0.05) is 33.8 Å². The van der Waals surface area contributed by atoms with E-state index in [1.54, 1.807) is 17.2 Å². The Balaban J connectivity index is 1.40. The van der Waals surface area contributed by atoms with Gasteiger partial charge in [-0.2, -0.15) is 4.98 Å². The first-order valence-electron chi connectivity index (χ1n) is 13.3. The van der Waals surface area contributed by atoms with Crippen LogP contribution < -0.4 is 15.1 Å². The van der Waals surface area contributed by atoms with Crippen molar-refractivity contribution in [3.63, 3.8) is 0 Å². The number of sulfone groups is 1. The summed E-state index contributed by atoms with van der Waals surface area (Å²) in [4.78, 5) is 17.6. The summed E-state index contributed by atoms with van der Waals surface area (Å²) in [6.45, 7) is 9.86. The molecule has 2 N–H and O–H groups in total. The molecular formula is C28H37FN6O3S. The SMILES string of the molecule is CC(C)c1ccc(N2CC(CS(C)(=O)=O)C2)c2cnc(Nc3ccnc(N4C[C@H](F)[C@H](O)C(C)(C)C4)n3)cc12. The van der Waals surface area contributed by atoms with E-state index < -0.39 is 27.5 Å². The van der Waals surface area contributed by atoms with E-state index in [0.717, 1.165) is 16.5 Å². The lowest BCUT2D eigenvalue weighted by atomic mass is 9.80. The fraction of sp³-hybridized carbons (Fsp3) is 0.536. The van der Waals surface area contributed by atoms with E-state index >= 15 is 0 Å². The number of halogens is 1. The van der Waals surface area contributed by atoms with E-state index in [2.05, 4.69) is 51.1 Å². The number of nitrogens with one attached hydrogen (secondary N) is 1.